The molecular formula is C95H137N13O25S2. The molecule has 6 aromatic rings. The van der Waals surface area contributed by atoms with E-state index >= 15 is 4.79 Å². The van der Waals surface area contributed by atoms with Gasteiger partial charge in [0.05, 0.1) is 196 Å². The second kappa shape index (κ2) is 52.4. The molecule has 2 bridgehead atoms. The Balaban J connectivity index is 0.405. The molecule has 3 aromatic heterocycles. The molecule has 1 aliphatic carbocycles. The van der Waals surface area contributed by atoms with Crippen molar-refractivity contribution in [3.63, 3.8) is 0 Å². The van der Waals surface area contributed by atoms with Crippen molar-refractivity contribution in [2.24, 2.45) is 11.3 Å². The van der Waals surface area contributed by atoms with E-state index in [1.54, 1.807) is 19.2 Å². The Kier molecular flexibility index (Phi) is 40.9. The van der Waals surface area contributed by atoms with Crippen molar-refractivity contribution in [3.05, 3.63) is 123 Å². The molecule has 12 rings (SSSR count). The maximum Gasteiger partial charge on any atom is 0.407 e. The van der Waals surface area contributed by atoms with Crippen LogP contribution in [0.5, 0.6) is 5.75 Å². The number of H-pyrrole nitrogens is 2. The third kappa shape index (κ3) is 27.7. The quantitative estimate of drug-likeness (QED) is 0.0124. The van der Waals surface area contributed by atoms with Gasteiger partial charge in [0.15, 0.2) is 22.5 Å². The number of aromatic amines is 2. The highest BCUT2D eigenvalue weighted by atomic mass is 33.1. The second-order valence-corrected chi connectivity index (χ2v) is 37.7. The number of carboxylic acids is 1. The summed E-state index contributed by atoms with van der Waals surface area (Å²) in [5, 5.41) is 60.7. The first-order valence-electron chi connectivity index (χ1n) is 47.1. The molecule has 135 heavy (non-hydrogen) atoms. The minimum atomic E-state index is -2.36. The smallest absolute Gasteiger partial charge is 0.407 e. The van der Waals surface area contributed by atoms with Gasteiger partial charge < -0.3 is 124 Å². The van der Waals surface area contributed by atoms with E-state index in [1.807, 2.05) is 24.9 Å². The number of likely N-dealkylation sites (N-methyl/N-ethyl adjacent to an activating group) is 1. The van der Waals surface area contributed by atoms with Gasteiger partial charge in [-0.1, -0.05) is 65.8 Å². The number of para-hydroxylation sites is 1. The number of alkyl carbamates (subject to hydrolysis) is 1. The zero-order chi connectivity index (χ0) is 95.6. The number of piperidine rings is 1. The number of ketones is 2. The maximum atomic E-state index is 15.2. The number of carbonyl (C=O) groups excluding carboxylic acids is 5. The number of carbonyl (C=O) groups is 6. The zero-order valence-corrected chi connectivity index (χ0v) is 80.0. The molecule has 1 saturated carbocycles. The molecule has 1 spiro atoms. The molecule has 2 saturated heterocycles. The van der Waals surface area contributed by atoms with Crippen molar-refractivity contribution in [3.8, 4) is 5.75 Å². The van der Waals surface area contributed by atoms with Crippen LogP contribution in [-0.4, -0.2) is 363 Å². The van der Waals surface area contributed by atoms with Crippen LogP contribution in [0.2, 0.25) is 0 Å². The monoisotopic (exact) mass is 1920 g/mol. The number of aliphatic carboxylic acids is 1. The minimum Gasteiger partial charge on any atom is -0.496 e. The second-order valence-electron chi connectivity index (χ2n) is 35.0. The number of nitrogens with one attached hydrogen (secondary N) is 6. The van der Waals surface area contributed by atoms with Gasteiger partial charge in [-0.05, 0) is 118 Å². The predicted octanol–water partition coefficient (Wildman–Crippen LogP) is 5.71. The van der Waals surface area contributed by atoms with Gasteiger partial charge in [-0.2, -0.15) is 4.98 Å². The number of Topliss-reactive ketones (excluding diaryl/α,β-unsaturated/α-hetero) is 2. The standard InChI is InChI=1S/C95H137N13O25S2/c1-6-92(118)59-65-58-91(3,81-71(21-27-107(63-65)64-92)70-13-8-9-14-74(70)102-81)73-56-72-76(57-77(73)120-5)106(4)87-94(72)24-28-108-26-11-23-93(7-2,86(94)108)88(116)95(87,119)78(110)62-100-90(117)133-53-55-135-134-54-25-97-79(111)22-30-122-32-34-124-36-38-126-40-42-128-44-46-130-48-50-132-52-51-131-49-47-129-45-43-127-41-39-125-37-35-123-33-31-121-29-10-12-69(109)19-20-75(85(114)115)103-83(112)66-15-17-67(18-16-66)98-60-68-61-99-82-80(101-68)84(113)105-89(96)104-82/h8-9,11,13-18,23,56-57,61,65,75,86-88,98,102,116,118-119H,6-7,10,12,19-22,24-55,58-60,62-64H2,1-5H3,(H,97,111)(H,100,117)(H,103,112)(H,114,115)(H3,96,99,104,105,113)/t65-,75-,86-,87+,88+,91+,92-,93+,94+,95-/m0/s1. The van der Waals surface area contributed by atoms with Gasteiger partial charge >= 0.3 is 12.1 Å². The number of aromatic nitrogens is 5. The van der Waals surface area contributed by atoms with Gasteiger partial charge in [0.25, 0.3) is 11.5 Å². The Morgan fingerprint density at radius 3 is 1.90 bits per heavy atom. The van der Waals surface area contributed by atoms with Crippen LogP contribution in [0.4, 0.5) is 22.1 Å². The summed E-state index contributed by atoms with van der Waals surface area (Å²) >= 11 is 0. The number of nitrogen functional groups attached to an aromatic ring is 1. The summed E-state index contributed by atoms with van der Waals surface area (Å²) in [4.78, 5) is 116. The molecule has 40 heteroatoms. The Labute approximate surface area is 795 Å². The number of rotatable bonds is 63. The first-order valence-corrected chi connectivity index (χ1v) is 49.6. The molecule has 8 heterocycles. The minimum absolute atomic E-state index is 0.0244. The number of nitrogens with two attached hydrogens (primary N) is 1. The molecular weight excluding hydrogens is 1790 g/mol. The zero-order valence-electron chi connectivity index (χ0n) is 78.4. The summed E-state index contributed by atoms with van der Waals surface area (Å²) in [5.74, 6) is -1.01. The number of carboxylic acid groups (broad SMARTS) is 1. The first-order chi connectivity index (χ1) is 65.5. The van der Waals surface area contributed by atoms with Crippen LogP contribution >= 0.6 is 21.6 Å². The highest BCUT2D eigenvalue weighted by Gasteiger charge is 2.78. The number of nitrogens with zero attached hydrogens (tertiary/aromatic N) is 6. The predicted molar refractivity (Wildman–Crippen MR) is 508 cm³/mol. The van der Waals surface area contributed by atoms with Crippen molar-refractivity contribution >= 4 is 96.4 Å². The highest BCUT2D eigenvalue weighted by Crippen LogP contribution is 2.68. The van der Waals surface area contributed by atoms with Gasteiger partial charge in [-0.25, -0.2) is 19.6 Å². The molecule has 3 aromatic carbocycles. The average molecular weight is 1930 g/mol. The lowest BCUT2D eigenvalue weighted by molar-refractivity contribution is -0.201. The Bertz CT molecular complexity index is 4910. The van der Waals surface area contributed by atoms with E-state index in [9.17, 15) is 49.2 Å². The van der Waals surface area contributed by atoms with Crippen LogP contribution in [0.15, 0.2) is 83.8 Å². The van der Waals surface area contributed by atoms with Crippen molar-refractivity contribution in [1.82, 2.24) is 50.7 Å². The van der Waals surface area contributed by atoms with Gasteiger partial charge in [0.2, 0.25) is 11.9 Å². The number of aliphatic hydroxyl groups is 3. The third-order valence-electron chi connectivity index (χ3n) is 26.2. The van der Waals surface area contributed by atoms with Crippen LogP contribution in [0.1, 0.15) is 123 Å². The molecule has 744 valence electrons. The molecule has 5 aliphatic heterocycles. The fourth-order valence-electron chi connectivity index (χ4n) is 19.9. The summed E-state index contributed by atoms with van der Waals surface area (Å²) in [6, 6.07) is 16.8. The fraction of sp³-hybridized carbons (Fsp3) is 0.642. The summed E-state index contributed by atoms with van der Waals surface area (Å²) in [6.07, 6.45) is 7.89. The van der Waals surface area contributed by atoms with E-state index in [2.05, 4.69) is 112 Å². The lowest BCUT2D eigenvalue weighted by Crippen LogP contribution is -2.81. The van der Waals surface area contributed by atoms with Gasteiger partial charge in [-0.3, -0.25) is 38.8 Å². The highest BCUT2D eigenvalue weighted by molar-refractivity contribution is 8.76. The van der Waals surface area contributed by atoms with Crippen LogP contribution in [0.3, 0.4) is 0 Å². The van der Waals surface area contributed by atoms with E-state index in [0.29, 0.717) is 239 Å². The number of amides is 3. The summed E-state index contributed by atoms with van der Waals surface area (Å²) < 4.78 is 78.8. The molecule has 3 fully saturated rings. The van der Waals surface area contributed by atoms with E-state index in [0.717, 1.165) is 54.0 Å². The van der Waals surface area contributed by atoms with Gasteiger partial charge in [-0.15, -0.1) is 0 Å². The summed E-state index contributed by atoms with van der Waals surface area (Å²) in [6.45, 7) is 19.6. The lowest BCUT2D eigenvalue weighted by Gasteiger charge is -2.63. The van der Waals surface area contributed by atoms with Crippen molar-refractivity contribution < 1.29 is 116 Å². The Morgan fingerprint density at radius 1 is 0.681 bits per heavy atom. The topological polar surface area (TPSA) is 484 Å². The van der Waals surface area contributed by atoms with Gasteiger partial charge in [0, 0.05) is 145 Å². The van der Waals surface area contributed by atoms with Crippen LogP contribution < -0.4 is 42.2 Å². The van der Waals surface area contributed by atoms with Gasteiger partial charge in [0.1, 0.15) is 30.3 Å². The van der Waals surface area contributed by atoms with E-state index in [-0.39, 0.29) is 91.8 Å². The normalized spacial score (nSPS) is 23.0. The van der Waals surface area contributed by atoms with Crippen LogP contribution in [0.25, 0.3) is 22.1 Å². The van der Waals surface area contributed by atoms with E-state index in [4.69, 9.17) is 72.0 Å². The van der Waals surface area contributed by atoms with Crippen LogP contribution in [-0.2, 0) is 105 Å². The van der Waals surface area contributed by atoms with E-state index in [1.165, 1.54) is 50.9 Å². The number of anilines is 3. The average Bonchev–Trinajstić information content (AvgIpc) is 1.49. The van der Waals surface area contributed by atoms with Crippen molar-refractivity contribution in [2.75, 3.05) is 253 Å². The van der Waals surface area contributed by atoms with E-state index < -0.39 is 81.5 Å². The molecule has 38 nitrogen and oxygen atoms in total. The lowest BCUT2D eigenvalue weighted by atomic mass is 9.47. The Morgan fingerprint density at radius 2 is 1.29 bits per heavy atom. The van der Waals surface area contributed by atoms with Crippen molar-refractivity contribution in [1.29, 1.82) is 0 Å². The largest absolute Gasteiger partial charge is 0.496 e. The molecule has 12 N–H and O–H groups in total. The molecule has 0 radical (unpaired) electrons. The van der Waals surface area contributed by atoms with Crippen molar-refractivity contribution in [2.45, 2.75) is 144 Å². The third-order valence-corrected chi connectivity index (χ3v) is 28.6. The number of ether oxygens (including phenoxy) is 14. The molecule has 3 amide bonds. The fourth-order valence-corrected chi connectivity index (χ4v) is 21.6. The number of fused-ring (bicyclic) bond motifs is 7. The number of benzene rings is 3. The Hall–Kier alpha value is -8.60. The maximum absolute atomic E-state index is 15.2. The van der Waals surface area contributed by atoms with Crippen LogP contribution in [0, 0.1) is 11.3 Å². The molecule has 6 aliphatic rings. The molecule has 11 atom stereocenters. The number of hydrogen-bond acceptors (Lipinski definition) is 34. The first kappa shape index (κ1) is 105. The number of aliphatic hydroxyl groups excluding tert-OH is 1. The molecule has 1 unspecified atom stereocenters. The number of hydrogen-bond donors (Lipinski definition) is 11. The number of methoxy groups -OCH3 is 1. The summed E-state index contributed by atoms with van der Waals surface area (Å²) in [5.41, 5.74) is 7.10. The SMILES string of the molecule is CC[C@]1(O)C[C@H]2CN(CCc3c([nH]c4ccccc34)[C@@](C)(c3cc4c(cc3OC)N(C)[C@H]3[C@@](O)(C(=O)CNC(=O)OCCSSCCNC(=O)CCOCCOCCOCCOCCOCCOCCOCCOCCOCCOCCOCCOCCCC(=O)CC[C@H](NC(=O)c5ccc(NCc6cnc7nc(N)[nH]c(=O)c7n6)cc5)C(=O)O)[C@H](O)[C@]5(CC)C=CCN6CC[C@]43[C@@H]65)C2)C1. The summed E-state index contributed by atoms with van der Waals surface area (Å²) in [7, 11) is 6.60.